The Bertz CT molecular complexity index is 493. The van der Waals surface area contributed by atoms with Gasteiger partial charge in [-0.05, 0) is 18.6 Å². The van der Waals surface area contributed by atoms with Crippen LogP contribution in [0.5, 0.6) is 0 Å². The summed E-state index contributed by atoms with van der Waals surface area (Å²) < 4.78 is 0. The van der Waals surface area contributed by atoms with Gasteiger partial charge in [-0.3, -0.25) is 14.5 Å². The summed E-state index contributed by atoms with van der Waals surface area (Å²) in [6.07, 6.45) is -0.135. The molecule has 1 aromatic rings. The number of β-amino-alcohol motifs (C(OH)–C–C–N with tert-alkyl or cyclic N) is 1. The number of amides is 2. The minimum Gasteiger partial charge on any atom is -0.395 e. The van der Waals surface area contributed by atoms with Gasteiger partial charge in [-0.2, -0.15) is 0 Å². The molecule has 2 rings (SSSR count). The molecular formula is C15H20N2O4. The molecule has 0 aromatic heterocycles. The first-order valence-electron chi connectivity index (χ1n) is 7.06. The molecule has 0 fully saturated rings. The molecule has 2 amide bonds. The quantitative estimate of drug-likeness (QED) is 0.616. The van der Waals surface area contributed by atoms with Crippen LogP contribution >= 0.6 is 0 Å². The average Bonchev–Trinajstić information content (AvgIpc) is 2.74. The van der Waals surface area contributed by atoms with Gasteiger partial charge in [0.25, 0.3) is 11.8 Å². The summed E-state index contributed by atoms with van der Waals surface area (Å²) in [6, 6.07) is 6.54. The SMILES string of the molecule is CC[C@H](CO)NC[C@@H](O)CN1C(=O)c2ccccc2C1=O. The third kappa shape index (κ3) is 3.29. The molecule has 21 heavy (non-hydrogen) atoms. The first-order valence-corrected chi connectivity index (χ1v) is 7.06. The molecule has 0 unspecified atom stereocenters. The zero-order chi connectivity index (χ0) is 15.4. The monoisotopic (exact) mass is 292 g/mol. The van der Waals surface area contributed by atoms with Gasteiger partial charge in [0.1, 0.15) is 0 Å². The van der Waals surface area contributed by atoms with Crippen LogP contribution in [0.15, 0.2) is 24.3 Å². The first-order chi connectivity index (χ1) is 10.1. The van der Waals surface area contributed by atoms with Crippen molar-refractivity contribution in [1.29, 1.82) is 0 Å². The molecule has 3 N–H and O–H groups in total. The Morgan fingerprint density at radius 1 is 1.19 bits per heavy atom. The van der Waals surface area contributed by atoms with Gasteiger partial charge in [0, 0.05) is 12.6 Å². The van der Waals surface area contributed by atoms with Gasteiger partial charge in [0.2, 0.25) is 0 Å². The fourth-order valence-electron chi connectivity index (χ4n) is 2.32. The number of carbonyl (C=O) groups is 2. The number of hydrogen-bond acceptors (Lipinski definition) is 5. The second-order valence-corrected chi connectivity index (χ2v) is 5.12. The van der Waals surface area contributed by atoms with Crippen LogP contribution in [0.25, 0.3) is 0 Å². The van der Waals surface area contributed by atoms with Gasteiger partial charge in [0.15, 0.2) is 0 Å². The molecular weight excluding hydrogens is 272 g/mol. The Hall–Kier alpha value is -1.76. The van der Waals surface area contributed by atoms with Crippen LogP contribution in [0.1, 0.15) is 34.1 Å². The first kappa shape index (κ1) is 15.6. The maximum absolute atomic E-state index is 12.1. The number of rotatable bonds is 7. The second kappa shape index (κ2) is 6.80. The molecule has 0 radical (unpaired) electrons. The maximum atomic E-state index is 12.1. The third-order valence-electron chi connectivity index (χ3n) is 3.63. The van der Waals surface area contributed by atoms with E-state index in [-0.39, 0.29) is 37.6 Å². The van der Waals surface area contributed by atoms with E-state index in [2.05, 4.69) is 5.32 Å². The molecule has 6 heteroatoms. The number of fused-ring (bicyclic) bond motifs is 1. The summed E-state index contributed by atoms with van der Waals surface area (Å²) >= 11 is 0. The van der Waals surface area contributed by atoms with E-state index in [9.17, 15) is 14.7 Å². The van der Waals surface area contributed by atoms with Crippen molar-refractivity contribution in [2.75, 3.05) is 19.7 Å². The number of hydrogen-bond donors (Lipinski definition) is 3. The lowest BCUT2D eigenvalue weighted by Crippen LogP contribution is -2.44. The Morgan fingerprint density at radius 3 is 2.24 bits per heavy atom. The van der Waals surface area contributed by atoms with E-state index in [1.165, 1.54) is 0 Å². The highest BCUT2D eigenvalue weighted by Crippen LogP contribution is 2.22. The van der Waals surface area contributed by atoms with Crippen molar-refractivity contribution in [3.05, 3.63) is 35.4 Å². The number of aliphatic hydroxyl groups excluding tert-OH is 2. The van der Waals surface area contributed by atoms with Crippen molar-refractivity contribution < 1.29 is 19.8 Å². The molecule has 0 spiro atoms. The highest BCUT2D eigenvalue weighted by atomic mass is 16.3. The number of nitrogens with one attached hydrogen (secondary N) is 1. The summed E-state index contributed by atoms with van der Waals surface area (Å²) in [5.41, 5.74) is 0.758. The molecule has 0 aliphatic carbocycles. The summed E-state index contributed by atoms with van der Waals surface area (Å²) in [6.45, 7) is 2.06. The summed E-state index contributed by atoms with van der Waals surface area (Å²) in [7, 11) is 0. The van der Waals surface area contributed by atoms with Crippen molar-refractivity contribution in [1.82, 2.24) is 10.2 Å². The van der Waals surface area contributed by atoms with Crippen LogP contribution in [0.4, 0.5) is 0 Å². The van der Waals surface area contributed by atoms with Crippen molar-refractivity contribution in [2.24, 2.45) is 0 Å². The average molecular weight is 292 g/mol. The van der Waals surface area contributed by atoms with E-state index in [0.717, 1.165) is 11.3 Å². The van der Waals surface area contributed by atoms with Gasteiger partial charge < -0.3 is 15.5 Å². The smallest absolute Gasteiger partial charge is 0.261 e. The van der Waals surface area contributed by atoms with Crippen LogP contribution in [-0.4, -0.2) is 58.8 Å². The molecule has 1 aliphatic rings. The normalized spacial score (nSPS) is 17.0. The fraction of sp³-hybridized carbons (Fsp3) is 0.467. The van der Waals surface area contributed by atoms with Gasteiger partial charge in [0.05, 0.1) is 30.4 Å². The lowest BCUT2D eigenvalue weighted by molar-refractivity contribution is 0.0536. The Labute approximate surface area is 123 Å². The summed E-state index contributed by atoms with van der Waals surface area (Å²) in [4.78, 5) is 25.3. The predicted octanol–water partition coefficient (Wildman–Crippen LogP) is 0.00400. The minimum absolute atomic E-state index is 0.0176. The standard InChI is InChI=1S/C15H20N2O4/c1-2-10(9-18)16-7-11(19)8-17-14(20)12-5-3-4-6-13(12)15(17)21/h3-6,10-11,16,18-19H,2,7-9H2,1H3/t10-,11-/m1/s1. The van der Waals surface area contributed by atoms with E-state index >= 15 is 0 Å². The van der Waals surface area contributed by atoms with E-state index in [4.69, 9.17) is 5.11 Å². The van der Waals surface area contributed by atoms with Crippen molar-refractivity contribution in [3.63, 3.8) is 0 Å². The zero-order valence-electron chi connectivity index (χ0n) is 12.0. The van der Waals surface area contributed by atoms with Crippen LogP contribution in [0.3, 0.4) is 0 Å². The van der Waals surface area contributed by atoms with Gasteiger partial charge in [-0.1, -0.05) is 19.1 Å². The van der Waals surface area contributed by atoms with Crippen molar-refractivity contribution >= 4 is 11.8 Å². The molecule has 1 aromatic carbocycles. The van der Waals surface area contributed by atoms with Gasteiger partial charge in [-0.25, -0.2) is 0 Å². The number of carbonyl (C=O) groups excluding carboxylic acids is 2. The zero-order valence-corrected chi connectivity index (χ0v) is 12.0. The lowest BCUT2D eigenvalue weighted by atomic mass is 10.1. The van der Waals surface area contributed by atoms with E-state index < -0.39 is 6.10 Å². The topological polar surface area (TPSA) is 89.9 Å². The predicted molar refractivity (Wildman–Crippen MR) is 77.0 cm³/mol. The molecule has 1 aliphatic heterocycles. The van der Waals surface area contributed by atoms with Crippen molar-refractivity contribution in [3.8, 4) is 0 Å². The fourth-order valence-corrected chi connectivity index (χ4v) is 2.32. The van der Waals surface area contributed by atoms with Gasteiger partial charge >= 0.3 is 0 Å². The molecule has 0 saturated heterocycles. The van der Waals surface area contributed by atoms with E-state index in [0.29, 0.717) is 11.1 Å². The number of imide groups is 1. The van der Waals surface area contributed by atoms with Crippen LogP contribution < -0.4 is 5.32 Å². The summed E-state index contributed by atoms with van der Waals surface area (Å²) in [5, 5.41) is 22.0. The Balaban J connectivity index is 1.95. The lowest BCUT2D eigenvalue weighted by Gasteiger charge is -2.21. The molecule has 0 bridgehead atoms. The molecule has 1 heterocycles. The number of nitrogens with zero attached hydrogens (tertiary/aromatic N) is 1. The third-order valence-corrected chi connectivity index (χ3v) is 3.63. The van der Waals surface area contributed by atoms with Crippen LogP contribution in [0.2, 0.25) is 0 Å². The Kier molecular flexibility index (Phi) is 5.06. The molecule has 114 valence electrons. The summed E-state index contributed by atoms with van der Waals surface area (Å²) in [5.74, 6) is -0.743. The number of aliphatic hydroxyl groups is 2. The second-order valence-electron chi connectivity index (χ2n) is 5.12. The molecule has 0 saturated carbocycles. The molecule has 2 atom stereocenters. The minimum atomic E-state index is -0.868. The largest absolute Gasteiger partial charge is 0.395 e. The number of benzene rings is 1. The van der Waals surface area contributed by atoms with Crippen molar-refractivity contribution in [2.45, 2.75) is 25.5 Å². The highest BCUT2D eigenvalue weighted by molar-refractivity contribution is 6.21. The van der Waals surface area contributed by atoms with Crippen LogP contribution in [0, 0.1) is 0 Å². The van der Waals surface area contributed by atoms with E-state index in [1.54, 1.807) is 24.3 Å². The van der Waals surface area contributed by atoms with Crippen LogP contribution in [-0.2, 0) is 0 Å². The Morgan fingerprint density at radius 2 is 1.76 bits per heavy atom. The van der Waals surface area contributed by atoms with E-state index in [1.807, 2.05) is 6.92 Å². The highest BCUT2D eigenvalue weighted by Gasteiger charge is 2.35. The van der Waals surface area contributed by atoms with Gasteiger partial charge in [-0.15, -0.1) is 0 Å². The molecule has 6 nitrogen and oxygen atoms in total. The maximum Gasteiger partial charge on any atom is 0.261 e.